The third-order valence-corrected chi connectivity index (χ3v) is 16.6. The number of hydrogen-bond acceptors (Lipinski definition) is 17. The lowest BCUT2D eigenvalue weighted by molar-refractivity contribution is -0.674. The molecule has 2 amide bonds. The van der Waals surface area contributed by atoms with Crippen LogP contribution in [0.4, 0.5) is 11.6 Å². The van der Waals surface area contributed by atoms with Crippen LogP contribution in [0.5, 0.6) is 11.5 Å². The summed E-state index contributed by atoms with van der Waals surface area (Å²) >= 11 is 6.72. The van der Waals surface area contributed by atoms with E-state index in [2.05, 4.69) is 99.1 Å². The van der Waals surface area contributed by atoms with E-state index in [9.17, 15) is 28.8 Å². The third kappa shape index (κ3) is 15.7. The van der Waals surface area contributed by atoms with Crippen molar-refractivity contribution in [1.82, 2.24) is 14.8 Å². The van der Waals surface area contributed by atoms with Gasteiger partial charge in [-0.15, -0.1) is 13.2 Å². The average molecular weight is 1480 g/mol. The Labute approximate surface area is 523 Å². The second-order valence-electron chi connectivity index (χ2n) is 19.3. The molecule has 0 radical (unpaired) electrons. The number of esters is 2. The van der Waals surface area contributed by atoms with Crippen LogP contribution in [-0.2, 0) is 68.8 Å². The van der Waals surface area contributed by atoms with Crippen LogP contribution >= 0.6 is 67.8 Å². The zero-order valence-corrected chi connectivity index (χ0v) is 52.8. The molecule has 2 fully saturated rings. The van der Waals surface area contributed by atoms with Crippen LogP contribution in [0.2, 0.25) is 0 Å². The van der Waals surface area contributed by atoms with Gasteiger partial charge in [0.15, 0.2) is 0 Å². The molecule has 0 aliphatic carbocycles. The van der Waals surface area contributed by atoms with Crippen molar-refractivity contribution >= 4 is 115 Å². The summed E-state index contributed by atoms with van der Waals surface area (Å²) in [7, 11) is 0. The first kappa shape index (κ1) is 65.5. The molecule has 4 N–H and O–H groups in total. The van der Waals surface area contributed by atoms with Gasteiger partial charge in [-0.1, -0.05) is 112 Å². The molecule has 6 heterocycles. The van der Waals surface area contributed by atoms with E-state index in [0.717, 1.165) is 17.1 Å². The summed E-state index contributed by atoms with van der Waals surface area (Å²) in [6.07, 6.45) is 9.38. The predicted molar refractivity (Wildman–Crippen MR) is 332 cm³/mol. The zero-order chi connectivity index (χ0) is 60.5. The molecule has 0 bridgehead atoms. The molecule has 2 saturated heterocycles. The predicted octanol–water partition coefficient (Wildman–Crippen LogP) is 8.37. The molecule has 8 rings (SSSR count). The number of nitrogens with two attached hydrogens (primary N) is 2. The van der Waals surface area contributed by atoms with Crippen molar-refractivity contribution in [2.45, 2.75) is 50.8 Å². The molecule has 83 heavy (non-hydrogen) atoms. The van der Waals surface area contributed by atoms with E-state index >= 15 is 0 Å². The number of fused-ring (bicyclic) bond motifs is 2. The van der Waals surface area contributed by atoms with Crippen molar-refractivity contribution in [2.24, 2.45) is 35.5 Å². The molecule has 2 aromatic carbocycles. The summed E-state index contributed by atoms with van der Waals surface area (Å²) in [5.41, 5.74) is 15.1. The summed E-state index contributed by atoms with van der Waals surface area (Å²) in [5, 5.41) is 0. The highest BCUT2D eigenvalue weighted by Crippen LogP contribution is 2.51. The Bertz CT molecular complexity index is 3140. The van der Waals surface area contributed by atoms with E-state index in [1.807, 2.05) is 91.3 Å². The molecule has 4 aromatic rings. The summed E-state index contributed by atoms with van der Waals surface area (Å²) in [6, 6.07) is 22.0. The van der Waals surface area contributed by atoms with Gasteiger partial charge in [-0.25, -0.2) is 28.7 Å². The lowest BCUT2D eigenvalue weighted by Gasteiger charge is -2.47. The Morgan fingerprint density at radius 3 is 1.52 bits per heavy atom. The number of nitrogens with zero attached hydrogens (tertiary/aromatic N) is 4. The molecular formula is C60H66I3N6O14+. The maximum absolute atomic E-state index is 13.3. The number of alkyl halides is 1. The highest BCUT2D eigenvalue weighted by atomic mass is 127. The minimum absolute atomic E-state index is 0.00630. The fourth-order valence-electron chi connectivity index (χ4n) is 9.84. The van der Waals surface area contributed by atoms with Crippen LogP contribution in [-0.4, -0.2) is 102 Å². The summed E-state index contributed by atoms with van der Waals surface area (Å²) in [5.74, 6) is -4.13. The number of aromatic nitrogens is 2. The fraction of sp³-hybridized carbons (Fsp3) is 0.333. The van der Waals surface area contributed by atoms with Gasteiger partial charge in [-0.2, -0.15) is 9.78 Å². The van der Waals surface area contributed by atoms with Gasteiger partial charge in [-0.3, -0.25) is 25.1 Å². The van der Waals surface area contributed by atoms with E-state index in [-0.39, 0.29) is 74.7 Å². The first-order valence-electron chi connectivity index (χ1n) is 26.2. The Hall–Kier alpha value is -6.69. The molecule has 6 unspecified atom stereocenters. The van der Waals surface area contributed by atoms with E-state index < -0.39 is 59.6 Å². The van der Waals surface area contributed by atoms with Crippen LogP contribution in [0.1, 0.15) is 38.8 Å². The quantitative estimate of drug-likeness (QED) is 0.00727. The number of ether oxygens (including phenoxy) is 4. The molecule has 4 aliphatic rings. The number of pyridine rings is 2. The second-order valence-corrected chi connectivity index (χ2v) is 22.4. The van der Waals surface area contributed by atoms with Crippen LogP contribution in [0.25, 0.3) is 0 Å². The lowest BCUT2D eigenvalue weighted by Crippen LogP contribution is -2.63. The van der Waals surface area contributed by atoms with E-state index in [4.69, 9.17) is 50.0 Å². The van der Waals surface area contributed by atoms with Crippen LogP contribution in [0, 0.1) is 42.6 Å². The first-order chi connectivity index (χ1) is 39.8. The maximum Gasteiger partial charge on any atom is 0.355 e. The fourth-order valence-corrected chi connectivity index (χ4v) is 11.8. The summed E-state index contributed by atoms with van der Waals surface area (Å²) in [6.45, 7) is 22.1. The Kier molecular flexibility index (Phi) is 24.7. The number of hydrogen-bond donors (Lipinski definition) is 2. The number of benzene rings is 2. The Morgan fingerprint density at radius 2 is 1.12 bits per heavy atom. The van der Waals surface area contributed by atoms with Crippen molar-refractivity contribution in [1.29, 1.82) is 0 Å². The largest absolute Gasteiger partial charge is 0.488 e. The summed E-state index contributed by atoms with van der Waals surface area (Å²) in [4.78, 5) is 103. The van der Waals surface area contributed by atoms with Gasteiger partial charge < -0.3 is 34.5 Å². The van der Waals surface area contributed by atoms with Crippen LogP contribution < -0.4 is 25.5 Å². The Morgan fingerprint density at radius 1 is 0.663 bits per heavy atom. The molecule has 4 aliphatic heterocycles. The highest BCUT2D eigenvalue weighted by molar-refractivity contribution is 14.1. The smallest absolute Gasteiger partial charge is 0.355 e. The highest BCUT2D eigenvalue weighted by Gasteiger charge is 2.63. The van der Waals surface area contributed by atoms with Gasteiger partial charge in [0, 0.05) is 39.7 Å². The number of carbonyl (C=O) groups is 6. The van der Waals surface area contributed by atoms with E-state index in [0.29, 0.717) is 40.8 Å². The summed E-state index contributed by atoms with van der Waals surface area (Å²) < 4.78 is 27.5. The molecular weight excluding hydrogens is 1410 g/mol. The topological polar surface area (TPSA) is 252 Å². The van der Waals surface area contributed by atoms with Crippen LogP contribution in [0.3, 0.4) is 0 Å². The number of carbonyl (C=O) groups excluding carboxylic acids is 6. The van der Waals surface area contributed by atoms with Crippen LogP contribution in [0.15, 0.2) is 158 Å². The van der Waals surface area contributed by atoms with Gasteiger partial charge in [0.1, 0.15) is 74.9 Å². The second kappa shape index (κ2) is 31.3. The SMILES string of the molecule is C=CCOOC(=O)C(C)C1C(=O)N2C(C(=O)OCC=C)=C(COc3ccc(CI)cc3I)[C@H](C)C12.C=CCOOC(=O)C(C)C1C(=O)N2C(C(=O)OCC=C)=C(COc3ccc(C[n+]4ccccc4N)cc3I)[C@H](C)C12.Nc1ccccn1. The third-order valence-electron chi connectivity index (χ3n) is 14.0. The molecule has 8 atom stereocenters. The van der Waals surface area contributed by atoms with E-state index in [1.54, 1.807) is 26.1 Å². The Balaban J connectivity index is 0.000000240. The standard InChI is InChI=1S/C30H32IN3O7.C25H27I2NO7.C5H6N2/c1-5-13-38-30(37)27-21(18(3)26-25(28(35)34(26)27)19(4)29(36)41-40-14-6-2)17-39-23-11-10-20(15-22(23)31)16-33-12-8-7-9-24(33)32;1-5-9-32-25(31)22-17(13-33-19-8-7-16(12-26)11-18(19)27)14(3)21-20(23(29)28(21)22)15(4)24(30)35-34-10-6-2;6-5-3-1-2-4-7-5/h5-12,15,18-19,25-26,32H,1-2,13-14,16-17H2,3-4H3;5-8,11,14-15,20-21H,1-2,9-10,12-13H2,3-4H3;1-4H,(H2,6,7)/p+1/t18-,19?,25?,26?;14-,15?,20?,21?;/m00./s1. The van der Waals surface area contributed by atoms with Crippen molar-refractivity contribution in [3.63, 3.8) is 0 Å². The number of β-lactam (4-membered cyclic amide) rings is 2. The number of rotatable bonds is 25. The molecule has 440 valence electrons. The number of amides is 2. The maximum atomic E-state index is 13.3. The molecule has 2 aromatic heterocycles. The van der Waals surface area contributed by atoms with Crippen molar-refractivity contribution in [3.05, 3.63) is 177 Å². The van der Waals surface area contributed by atoms with Crippen molar-refractivity contribution < 1.29 is 71.8 Å². The van der Waals surface area contributed by atoms with Gasteiger partial charge >= 0.3 is 23.9 Å². The number of halogens is 3. The molecule has 20 nitrogen and oxygen atoms in total. The first-order valence-corrected chi connectivity index (χ1v) is 29.9. The van der Waals surface area contributed by atoms with Crippen molar-refractivity contribution in [2.75, 3.05) is 51.1 Å². The monoisotopic (exact) mass is 1480 g/mol. The minimum atomic E-state index is -0.785. The van der Waals surface area contributed by atoms with Gasteiger partial charge in [-0.05, 0) is 98.8 Å². The molecule has 23 heteroatoms. The number of nitrogen functional groups attached to an aromatic ring is 2. The van der Waals surface area contributed by atoms with Gasteiger partial charge in [0.05, 0.1) is 49.1 Å². The molecule has 0 saturated carbocycles. The average Bonchev–Trinajstić information content (AvgIpc) is 1.78. The van der Waals surface area contributed by atoms with Gasteiger partial charge in [0.2, 0.25) is 11.8 Å². The number of anilines is 2. The minimum Gasteiger partial charge on any atom is -0.488 e. The molecule has 0 spiro atoms. The zero-order valence-electron chi connectivity index (χ0n) is 46.3. The normalized spacial score (nSPS) is 19.8. The lowest BCUT2D eigenvalue weighted by atomic mass is 9.74. The van der Waals surface area contributed by atoms with Gasteiger partial charge in [0.25, 0.3) is 5.82 Å². The van der Waals surface area contributed by atoms with E-state index in [1.165, 1.54) is 39.7 Å². The van der Waals surface area contributed by atoms with Crippen molar-refractivity contribution in [3.8, 4) is 11.5 Å².